The Bertz CT molecular complexity index is 989. The molecule has 1 heterocycles. The molecular weight excluding hydrogens is 440 g/mol. The molecule has 0 unspecified atom stereocenters. The highest BCUT2D eigenvalue weighted by atomic mass is 79.9. The highest BCUT2D eigenvalue weighted by Crippen LogP contribution is 2.44. The predicted molar refractivity (Wildman–Crippen MR) is 105 cm³/mol. The van der Waals surface area contributed by atoms with Gasteiger partial charge in [-0.2, -0.15) is 0 Å². The number of thiophene rings is 1. The fraction of sp³-hybridized carbons (Fsp3) is 0. The lowest BCUT2D eigenvalue weighted by Gasteiger charge is -2.07. The minimum Gasteiger partial charge on any atom is -0.135 e. The fourth-order valence-corrected chi connectivity index (χ4v) is 6.01. The summed E-state index contributed by atoms with van der Waals surface area (Å²) in [6, 6.07) is 19.6. The van der Waals surface area contributed by atoms with E-state index in [1.165, 1.54) is 30.6 Å². The first-order valence-electron chi connectivity index (χ1n) is 6.74. The molecule has 0 amide bonds. The molecule has 1 aromatic heterocycles. The van der Waals surface area contributed by atoms with Crippen LogP contribution in [0.4, 0.5) is 0 Å². The molecule has 0 aliphatic carbocycles. The third-order valence-electron chi connectivity index (χ3n) is 3.57. The molecule has 0 nitrogen and oxygen atoms in total. The Morgan fingerprint density at radius 1 is 0.818 bits per heavy atom. The summed E-state index contributed by atoms with van der Waals surface area (Å²) < 4.78 is 3.53. The molecule has 0 aliphatic rings. The van der Waals surface area contributed by atoms with Gasteiger partial charge in [0, 0.05) is 14.7 Å². The van der Waals surface area contributed by atoms with Gasteiger partial charge in [-0.25, -0.2) is 0 Å². The molecule has 0 N–H and O–H groups in total. The van der Waals surface area contributed by atoms with Crippen molar-refractivity contribution in [1.82, 2.24) is 0 Å². The molecule has 0 saturated carbocycles. The Kier molecular flexibility index (Phi) is 4.03. The van der Waals surface area contributed by atoms with E-state index in [-0.39, 0.29) is 0 Å². The third-order valence-corrected chi connectivity index (χ3v) is 8.65. The van der Waals surface area contributed by atoms with Crippen molar-refractivity contribution in [3.8, 4) is 0 Å². The molecule has 0 bridgehead atoms. The van der Waals surface area contributed by atoms with Gasteiger partial charge in [0.05, 0.1) is 8.68 Å². The lowest BCUT2D eigenvalue weighted by Crippen LogP contribution is -1.79. The van der Waals surface area contributed by atoms with Crippen LogP contribution in [0.1, 0.15) is 0 Å². The molecule has 0 fully saturated rings. The Balaban J connectivity index is 1.90. The summed E-state index contributed by atoms with van der Waals surface area (Å²) in [5.41, 5.74) is 0. The van der Waals surface area contributed by atoms with E-state index < -0.39 is 0 Å². The van der Waals surface area contributed by atoms with Crippen LogP contribution < -0.4 is 0 Å². The Morgan fingerprint density at radius 3 is 2.27 bits per heavy atom. The smallest absolute Gasteiger partial charge is 0.0800 e. The van der Waals surface area contributed by atoms with Crippen molar-refractivity contribution in [2.75, 3.05) is 0 Å². The molecule has 0 aliphatic heterocycles. The number of hydrogen-bond donors (Lipinski definition) is 0. The van der Waals surface area contributed by atoms with Crippen LogP contribution in [-0.4, -0.2) is 0 Å². The van der Waals surface area contributed by atoms with Crippen molar-refractivity contribution in [3.63, 3.8) is 0 Å². The third kappa shape index (κ3) is 2.62. The van der Waals surface area contributed by atoms with Crippen LogP contribution >= 0.6 is 55.0 Å². The highest BCUT2D eigenvalue weighted by molar-refractivity contribution is 9.13. The molecular formula is C18H10Br2S2. The highest BCUT2D eigenvalue weighted by Gasteiger charge is 2.11. The first kappa shape index (κ1) is 14.8. The molecule has 0 saturated heterocycles. The van der Waals surface area contributed by atoms with Crippen LogP contribution in [0.15, 0.2) is 78.0 Å². The van der Waals surface area contributed by atoms with Crippen LogP contribution in [0.2, 0.25) is 0 Å². The summed E-state index contributed by atoms with van der Waals surface area (Å²) in [6.45, 7) is 0. The molecule has 108 valence electrons. The van der Waals surface area contributed by atoms with Gasteiger partial charge in [0.2, 0.25) is 0 Å². The van der Waals surface area contributed by atoms with Crippen LogP contribution in [0.3, 0.4) is 0 Å². The Morgan fingerprint density at radius 2 is 1.55 bits per heavy atom. The summed E-state index contributed by atoms with van der Waals surface area (Å²) in [6.07, 6.45) is 0. The summed E-state index contributed by atoms with van der Waals surface area (Å²) in [5.74, 6) is 0. The molecule has 0 spiro atoms. The van der Waals surface area contributed by atoms with Crippen LogP contribution in [-0.2, 0) is 0 Å². The van der Waals surface area contributed by atoms with Gasteiger partial charge in [0.1, 0.15) is 0 Å². The van der Waals surface area contributed by atoms with E-state index in [9.17, 15) is 0 Å². The average Bonchev–Trinajstić information content (AvgIpc) is 2.85. The van der Waals surface area contributed by atoms with Crippen LogP contribution in [0, 0.1) is 0 Å². The largest absolute Gasteiger partial charge is 0.135 e. The van der Waals surface area contributed by atoms with Gasteiger partial charge in [-0.3, -0.25) is 0 Å². The first-order valence-corrected chi connectivity index (χ1v) is 10.0. The lowest BCUT2D eigenvalue weighted by molar-refractivity contribution is 1.52. The second-order valence-corrected chi connectivity index (χ2v) is 8.80. The SMILES string of the molecule is Brc1csc(Sc2cccc3cc4ccccc4cc23)c1Br. The number of rotatable bonds is 2. The molecule has 0 radical (unpaired) electrons. The topological polar surface area (TPSA) is 0 Å². The normalized spacial score (nSPS) is 11.4. The van der Waals surface area contributed by atoms with E-state index in [2.05, 4.69) is 91.8 Å². The minimum atomic E-state index is 1.12. The van der Waals surface area contributed by atoms with E-state index >= 15 is 0 Å². The van der Waals surface area contributed by atoms with E-state index in [1.54, 1.807) is 11.3 Å². The van der Waals surface area contributed by atoms with Crippen LogP contribution in [0.25, 0.3) is 21.5 Å². The standard InChI is InChI=1S/C18H10Br2S2/c19-15-10-21-18(17(15)20)22-16-7-3-6-13-8-11-4-1-2-5-12(11)9-14(13)16/h1-10H. The van der Waals surface area contributed by atoms with E-state index in [1.807, 2.05) is 11.8 Å². The maximum Gasteiger partial charge on any atom is 0.0800 e. The maximum absolute atomic E-state index is 3.65. The second-order valence-electron chi connectivity index (χ2n) is 4.96. The van der Waals surface area contributed by atoms with E-state index in [0.29, 0.717) is 0 Å². The fourth-order valence-electron chi connectivity index (χ4n) is 2.50. The van der Waals surface area contributed by atoms with Crippen molar-refractivity contribution < 1.29 is 0 Å². The predicted octanol–water partition coefficient (Wildman–Crippen LogP) is 7.73. The van der Waals surface area contributed by atoms with Gasteiger partial charge in [-0.05, 0) is 71.6 Å². The van der Waals surface area contributed by atoms with Crippen LogP contribution in [0.5, 0.6) is 0 Å². The summed E-state index contributed by atoms with van der Waals surface area (Å²) in [5, 5.41) is 7.29. The summed E-state index contributed by atoms with van der Waals surface area (Å²) in [7, 11) is 0. The van der Waals surface area contributed by atoms with Gasteiger partial charge in [-0.15, -0.1) is 11.3 Å². The van der Waals surface area contributed by atoms with Gasteiger partial charge >= 0.3 is 0 Å². The monoisotopic (exact) mass is 448 g/mol. The molecule has 4 rings (SSSR count). The maximum atomic E-state index is 3.65. The minimum absolute atomic E-state index is 1.12. The zero-order chi connectivity index (χ0) is 15.1. The van der Waals surface area contributed by atoms with Gasteiger partial charge in [-0.1, -0.05) is 48.2 Å². The van der Waals surface area contributed by atoms with Crippen molar-refractivity contribution in [1.29, 1.82) is 0 Å². The summed E-state index contributed by atoms with van der Waals surface area (Å²) >= 11 is 10.8. The number of benzene rings is 3. The Labute approximate surface area is 153 Å². The average molecular weight is 450 g/mol. The van der Waals surface area contributed by atoms with Crippen molar-refractivity contribution in [2.24, 2.45) is 0 Å². The first-order chi connectivity index (χ1) is 10.7. The zero-order valence-corrected chi connectivity index (χ0v) is 16.2. The van der Waals surface area contributed by atoms with Gasteiger partial charge in [0.25, 0.3) is 0 Å². The van der Waals surface area contributed by atoms with Crippen molar-refractivity contribution >= 4 is 76.5 Å². The zero-order valence-electron chi connectivity index (χ0n) is 11.3. The molecule has 4 aromatic rings. The number of halogens is 2. The van der Waals surface area contributed by atoms with E-state index in [4.69, 9.17) is 0 Å². The molecule has 3 aromatic carbocycles. The quantitative estimate of drug-likeness (QED) is 0.282. The second kappa shape index (κ2) is 6.00. The number of hydrogen-bond acceptors (Lipinski definition) is 2. The van der Waals surface area contributed by atoms with Crippen molar-refractivity contribution in [3.05, 3.63) is 68.9 Å². The van der Waals surface area contributed by atoms with E-state index in [0.717, 1.165) is 8.95 Å². The molecule has 0 atom stereocenters. The molecule has 4 heteroatoms. The number of fused-ring (bicyclic) bond motifs is 2. The summed E-state index contributed by atoms with van der Waals surface area (Å²) in [4.78, 5) is 1.29. The van der Waals surface area contributed by atoms with Gasteiger partial charge in [0.15, 0.2) is 0 Å². The Hall–Kier alpha value is -0.810. The molecule has 22 heavy (non-hydrogen) atoms. The van der Waals surface area contributed by atoms with Gasteiger partial charge < -0.3 is 0 Å². The van der Waals surface area contributed by atoms with Crippen molar-refractivity contribution in [2.45, 2.75) is 9.10 Å². The lowest BCUT2D eigenvalue weighted by atomic mass is 10.0.